The molecule has 0 aliphatic carbocycles. The standard InChI is InChI=1S/C10H14N4O3/c1-2-10(15)5-13(6-10)8-4-3-7(14(16)17)9(11)12-8/h3-4,15H,2,5-6H2,1H3,(H2,11,12). The highest BCUT2D eigenvalue weighted by Gasteiger charge is 2.40. The van der Waals surface area contributed by atoms with Crippen molar-refractivity contribution < 1.29 is 10.0 Å². The van der Waals surface area contributed by atoms with Crippen LogP contribution in [-0.2, 0) is 0 Å². The third kappa shape index (κ3) is 2.01. The summed E-state index contributed by atoms with van der Waals surface area (Å²) in [7, 11) is 0. The van der Waals surface area contributed by atoms with E-state index in [0.29, 0.717) is 25.3 Å². The normalized spacial score (nSPS) is 17.6. The van der Waals surface area contributed by atoms with Gasteiger partial charge in [-0.2, -0.15) is 0 Å². The van der Waals surface area contributed by atoms with Gasteiger partial charge in [0.15, 0.2) is 0 Å². The van der Waals surface area contributed by atoms with Gasteiger partial charge in [0.1, 0.15) is 5.82 Å². The zero-order valence-corrected chi connectivity index (χ0v) is 9.46. The first kappa shape index (κ1) is 11.6. The highest BCUT2D eigenvalue weighted by molar-refractivity contribution is 5.59. The number of nitro groups is 1. The number of rotatable bonds is 3. The smallest absolute Gasteiger partial charge is 0.311 e. The average Bonchev–Trinajstić information content (AvgIpc) is 2.24. The molecule has 3 N–H and O–H groups in total. The van der Waals surface area contributed by atoms with Crippen molar-refractivity contribution in [2.75, 3.05) is 23.7 Å². The van der Waals surface area contributed by atoms with Gasteiger partial charge in [0.05, 0.1) is 10.5 Å². The lowest BCUT2D eigenvalue weighted by molar-refractivity contribution is -0.384. The Kier molecular flexibility index (Phi) is 2.62. The molecule has 1 fully saturated rings. The van der Waals surface area contributed by atoms with E-state index in [-0.39, 0.29) is 11.5 Å². The van der Waals surface area contributed by atoms with Crippen LogP contribution in [0.4, 0.5) is 17.3 Å². The molecule has 0 radical (unpaired) electrons. The molecular weight excluding hydrogens is 224 g/mol. The number of aromatic nitrogens is 1. The van der Waals surface area contributed by atoms with Gasteiger partial charge in [-0.25, -0.2) is 4.98 Å². The number of hydrogen-bond acceptors (Lipinski definition) is 6. The second-order valence-corrected chi connectivity index (χ2v) is 4.26. The van der Waals surface area contributed by atoms with E-state index in [1.807, 2.05) is 11.8 Å². The van der Waals surface area contributed by atoms with Gasteiger partial charge in [0.25, 0.3) is 0 Å². The molecule has 0 amide bonds. The Morgan fingerprint density at radius 3 is 2.76 bits per heavy atom. The number of aliphatic hydroxyl groups is 1. The quantitative estimate of drug-likeness (QED) is 0.588. The third-order valence-corrected chi connectivity index (χ3v) is 3.04. The zero-order valence-electron chi connectivity index (χ0n) is 9.46. The van der Waals surface area contributed by atoms with Crippen LogP contribution in [0.1, 0.15) is 13.3 Å². The van der Waals surface area contributed by atoms with E-state index < -0.39 is 10.5 Å². The van der Waals surface area contributed by atoms with Gasteiger partial charge in [-0.1, -0.05) is 6.92 Å². The summed E-state index contributed by atoms with van der Waals surface area (Å²) >= 11 is 0. The molecule has 1 aliphatic rings. The van der Waals surface area contributed by atoms with Crippen molar-refractivity contribution in [1.82, 2.24) is 4.98 Å². The summed E-state index contributed by atoms with van der Waals surface area (Å²) in [4.78, 5) is 15.8. The van der Waals surface area contributed by atoms with Crippen molar-refractivity contribution in [2.45, 2.75) is 18.9 Å². The fourth-order valence-electron chi connectivity index (χ4n) is 1.84. The van der Waals surface area contributed by atoms with Crippen LogP contribution in [0.25, 0.3) is 0 Å². The monoisotopic (exact) mass is 238 g/mol. The molecule has 2 heterocycles. The van der Waals surface area contributed by atoms with E-state index in [1.54, 1.807) is 6.07 Å². The maximum atomic E-state index is 10.6. The Morgan fingerprint density at radius 1 is 1.65 bits per heavy atom. The van der Waals surface area contributed by atoms with Gasteiger partial charge in [-0.3, -0.25) is 10.1 Å². The lowest BCUT2D eigenvalue weighted by Gasteiger charge is -2.46. The van der Waals surface area contributed by atoms with Crippen LogP contribution >= 0.6 is 0 Å². The molecule has 0 atom stereocenters. The number of pyridine rings is 1. The number of hydrogen-bond donors (Lipinski definition) is 2. The average molecular weight is 238 g/mol. The number of β-amino-alcohol motifs (C(OH)–C–C–N with tert-alkyl or cyclic N) is 1. The number of nitrogen functional groups attached to an aromatic ring is 1. The van der Waals surface area contributed by atoms with Gasteiger partial charge in [0, 0.05) is 19.2 Å². The topological polar surface area (TPSA) is 106 Å². The van der Waals surface area contributed by atoms with Crippen molar-refractivity contribution in [3.8, 4) is 0 Å². The summed E-state index contributed by atoms with van der Waals surface area (Å²) in [5.74, 6) is 0.464. The van der Waals surface area contributed by atoms with Crippen molar-refractivity contribution in [3.05, 3.63) is 22.2 Å². The van der Waals surface area contributed by atoms with Crippen LogP contribution in [0, 0.1) is 10.1 Å². The molecule has 0 unspecified atom stereocenters. The highest BCUT2D eigenvalue weighted by Crippen LogP contribution is 2.30. The molecule has 1 aromatic heterocycles. The summed E-state index contributed by atoms with van der Waals surface area (Å²) in [6, 6.07) is 2.88. The molecule has 17 heavy (non-hydrogen) atoms. The van der Waals surface area contributed by atoms with E-state index in [1.165, 1.54) is 6.07 Å². The predicted molar refractivity (Wildman–Crippen MR) is 62.8 cm³/mol. The Labute approximate surface area is 98.0 Å². The molecule has 92 valence electrons. The highest BCUT2D eigenvalue weighted by atomic mass is 16.6. The van der Waals surface area contributed by atoms with E-state index in [0.717, 1.165) is 0 Å². The van der Waals surface area contributed by atoms with Crippen LogP contribution in [0.15, 0.2) is 12.1 Å². The summed E-state index contributed by atoms with van der Waals surface area (Å²) in [6.45, 7) is 2.87. The van der Waals surface area contributed by atoms with E-state index in [4.69, 9.17) is 5.73 Å². The van der Waals surface area contributed by atoms with Gasteiger partial charge < -0.3 is 15.7 Å². The largest absolute Gasteiger partial charge is 0.386 e. The Balaban J connectivity index is 2.15. The van der Waals surface area contributed by atoms with Crippen LogP contribution in [0.3, 0.4) is 0 Å². The van der Waals surface area contributed by atoms with E-state index >= 15 is 0 Å². The molecule has 1 aliphatic heterocycles. The molecule has 2 rings (SSSR count). The SMILES string of the molecule is CCC1(O)CN(c2ccc([N+](=O)[O-])c(N)n2)C1. The second kappa shape index (κ2) is 3.85. The van der Waals surface area contributed by atoms with Crippen molar-refractivity contribution in [3.63, 3.8) is 0 Å². The van der Waals surface area contributed by atoms with Crippen LogP contribution in [-0.4, -0.2) is 33.7 Å². The minimum absolute atomic E-state index is 0.0977. The first-order chi connectivity index (χ1) is 7.95. The fourth-order valence-corrected chi connectivity index (χ4v) is 1.84. The number of nitrogens with two attached hydrogens (primary N) is 1. The lowest BCUT2D eigenvalue weighted by Crippen LogP contribution is -2.61. The first-order valence-electron chi connectivity index (χ1n) is 5.33. The minimum atomic E-state index is -0.668. The maximum Gasteiger partial charge on any atom is 0.311 e. The first-order valence-corrected chi connectivity index (χ1v) is 5.33. The van der Waals surface area contributed by atoms with Gasteiger partial charge in [-0.15, -0.1) is 0 Å². The zero-order chi connectivity index (χ0) is 12.6. The molecule has 0 saturated carbocycles. The van der Waals surface area contributed by atoms with Crippen LogP contribution in [0.5, 0.6) is 0 Å². The van der Waals surface area contributed by atoms with E-state index in [9.17, 15) is 15.2 Å². The predicted octanol–water partition coefficient (Wildman–Crippen LogP) is 0.533. The summed E-state index contributed by atoms with van der Waals surface area (Å²) < 4.78 is 0. The Bertz CT molecular complexity index is 457. The van der Waals surface area contributed by atoms with Crippen molar-refractivity contribution >= 4 is 17.3 Å². The molecule has 0 spiro atoms. The van der Waals surface area contributed by atoms with Crippen LogP contribution < -0.4 is 10.6 Å². The summed E-state index contributed by atoms with van der Waals surface area (Å²) in [6.07, 6.45) is 0.673. The Hall–Kier alpha value is -1.89. The minimum Gasteiger partial charge on any atom is -0.386 e. The van der Waals surface area contributed by atoms with E-state index in [2.05, 4.69) is 4.98 Å². The fraction of sp³-hybridized carbons (Fsp3) is 0.500. The van der Waals surface area contributed by atoms with Crippen LogP contribution in [0.2, 0.25) is 0 Å². The number of nitrogens with zero attached hydrogens (tertiary/aromatic N) is 3. The summed E-state index contributed by atoms with van der Waals surface area (Å²) in [5.41, 5.74) is 4.63. The summed E-state index contributed by atoms with van der Waals surface area (Å²) in [5, 5.41) is 20.4. The molecule has 7 nitrogen and oxygen atoms in total. The molecular formula is C10H14N4O3. The van der Waals surface area contributed by atoms with Gasteiger partial charge >= 0.3 is 5.69 Å². The maximum absolute atomic E-state index is 10.6. The molecule has 1 saturated heterocycles. The Morgan fingerprint density at radius 2 is 2.29 bits per heavy atom. The molecule has 1 aromatic rings. The van der Waals surface area contributed by atoms with Crippen molar-refractivity contribution in [2.24, 2.45) is 0 Å². The molecule has 0 bridgehead atoms. The third-order valence-electron chi connectivity index (χ3n) is 3.04. The second-order valence-electron chi connectivity index (χ2n) is 4.26. The lowest BCUT2D eigenvalue weighted by atomic mass is 9.91. The van der Waals surface area contributed by atoms with Gasteiger partial charge in [0.2, 0.25) is 5.82 Å². The van der Waals surface area contributed by atoms with Gasteiger partial charge in [-0.05, 0) is 12.5 Å². The van der Waals surface area contributed by atoms with Crippen molar-refractivity contribution in [1.29, 1.82) is 0 Å². The molecule has 0 aromatic carbocycles. The molecule has 7 heteroatoms. The number of anilines is 2.